The number of fused-ring (bicyclic) bond motifs is 2. The van der Waals surface area contributed by atoms with Crippen molar-refractivity contribution in [2.75, 3.05) is 7.11 Å². The second-order valence-corrected chi connectivity index (χ2v) is 5.71. The number of nitrogens with zero attached hydrogens (tertiary/aromatic N) is 2. The molecule has 0 aromatic carbocycles. The van der Waals surface area contributed by atoms with Crippen molar-refractivity contribution in [1.29, 1.82) is 0 Å². The van der Waals surface area contributed by atoms with E-state index in [1.54, 1.807) is 12.3 Å². The third kappa shape index (κ3) is 2.55. The smallest absolute Gasteiger partial charge is 0.339 e. The predicted molar refractivity (Wildman–Crippen MR) is 73.2 cm³/mol. The molecular formula is C15H20N2O3. The molecule has 0 amide bonds. The summed E-state index contributed by atoms with van der Waals surface area (Å²) in [5.41, 5.74) is 1.44. The Bertz CT molecular complexity index is 474. The predicted octanol–water partition coefficient (Wildman–Crippen LogP) is 1.36. The SMILES string of the molecule is COC(=O)c1ccc(CN2C3CCC2CC(O)C3)nc1. The number of aliphatic hydroxyl groups excluding tert-OH is 1. The summed E-state index contributed by atoms with van der Waals surface area (Å²) in [5, 5.41) is 9.80. The molecule has 1 aromatic rings. The minimum Gasteiger partial charge on any atom is -0.465 e. The van der Waals surface area contributed by atoms with Crippen LogP contribution < -0.4 is 0 Å². The van der Waals surface area contributed by atoms with Gasteiger partial charge in [0.2, 0.25) is 0 Å². The molecule has 0 radical (unpaired) electrons. The minimum atomic E-state index is -0.356. The van der Waals surface area contributed by atoms with Gasteiger partial charge in [-0.05, 0) is 37.8 Å². The van der Waals surface area contributed by atoms with Crippen molar-refractivity contribution in [3.8, 4) is 0 Å². The van der Waals surface area contributed by atoms with Gasteiger partial charge in [0.25, 0.3) is 0 Å². The molecule has 3 heterocycles. The van der Waals surface area contributed by atoms with Crippen molar-refractivity contribution in [2.45, 2.75) is 50.4 Å². The third-order valence-electron chi connectivity index (χ3n) is 4.45. The number of rotatable bonds is 3. The molecule has 20 heavy (non-hydrogen) atoms. The maximum Gasteiger partial charge on any atom is 0.339 e. The molecular weight excluding hydrogens is 256 g/mol. The van der Waals surface area contributed by atoms with E-state index in [-0.39, 0.29) is 12.1 Å². The number of esters is 1. The van der Waals surface area contributed by atoms with Crippen LogP contribution in [0.15, 0.2) is 18.3 Å². The molecule has 1 aromatic heterocycles. The van der Waals surface area contributed by atoms with Gasteiger partial charge in [-0.3, -0.25) is 9.88 Å². The fourth-order valence-corrected chi connectivity index (χ4v) is 3.45. The second-order valence-electron chi connectivity index (χ2n) is 5.71. The van der Waals surface area contributed by atoms with E-state index in [4.69, 9.17) is 0 Å². The lowest BCUT2D eigenvalue weighted by molar-refractivity contribution is 0.0303. The lowest BCUT2D eigenvalue weighted by Crippen LogP contribution is -2.44. The van der Waals surface area contributed by atoms with E-state index < -0.39 is 0 Å². The number of carbonyl (C=O) groups is 1. The van der Waals surface area contributed by atoms with Crippen LogP contribution in [0, 0.1) is 0 Å². The van der Waals surface area contributed by atoms with E-state index in [1.165, 1.54) is 20.0 Å². The van der Waals surface area contributed by atoms with Crippen molar-refractivity contribution in [3.63, 3.8) is 0 Å². The summed E-state index contributed by atoms with van der Waals surface area (Å²) in [6.07, 6.45) is 5.51. The molecule has 2 unspecified atom stereocenters. The number of aliphatic hydroxyl groups is 1. The summed E-state index contributed by atoms with van der Waals surface area (Å²) in [5.74, 6) is -0.356. The van der Waals surface area contributed by atoms with Crippen LogP contribution in [-0.4, -0.2) is 46.3 Å². The van der Waals surface area contributed by atoms with Crippen molar-refractivity contribution in [1.82, 2.24) is 9.88 Å². The van der Waals surface area contributed by atoms with E-state index in [0.29, 0.717) is 17.6 Å². The van der Waals surface area contributed by atoms with Gasteiger partial charge in [-0.15, -0.1) is 0 Å². The average Bonchev–Trinajstić information content (AvgIpc) is 2.70. The third-order valence-corrected chi connectivity index (χ3v) is 4.45. The number of hydrogen-bond donors (Lipinski definition) is 1. The molecule has 5 heteroatoms. The first-order valence-electron chi connectivity index (χ1n) is 7.14. The van der Waals surface area contributed by atoms with Crippen LogP contribution in [0.3, 0.4) is 0 Å². The monoisotopic (exact) mass is 276 g/mol. The molecule has 2 atom stereocenters. The summed E-state index contributed by atoms with van der Waals surface area (Å²) in [6.45, 7) is 0.795. The Morgan fingerprint density at radius 1 is 1.40 bits per heavy atom. The van der Waals surface area contributed by atoms with Crippen LogP contribution >= 0.6 is 0 Å². The van der Waals surface area contributed by atoms with Crippen LogP contribution in [0.1, 0.15) is 41.7 Å². The first-order chi connectivity index (χ1) is 9.67. The summed E-state index contributed by atoms with van der Waals surface area (Å²) < 4.78 is 4.66. The number of piperidine rings is 1. The van der Waals surface area contributed by atoms with Crippen molar-refractivity contribution < 1.29 is 14.6 Å². The van der Waals surface area contributed by atoms with Gasteiger partial charge in [-0.1, -0.05) is 0 Å². The highest BCUT2D eigenvalue weighted by Crippen LogP contribution is 2.36. The number of ether oxygens (including phenoxy) is 1. The normalized spacial score (nSPS) is 29.4. The summed E-state index contributed by atoms with van der Waals surface area (Å²) in [4.78, 5) is 18.2. The highest BCUT2D eigenvalue weighted by atomic mass is 16.5. The second kappa shape index (κ2) is 5.50. The standard InChI is InChI=1S/C15H20N2O3/c1-20-15(19)10-2-3-11(16-8-10)9-17-12-4-5-13(17)7-14(18)6-12/h2-3,8,12-14,18H,4-7,9H2,1H3. The first-order valence-corrected chi connectivity index (χ1v) is 7.14. The number of carbonyl (C=O) groups excluding carboxylic acids is 1. The molecule has 2 aliphatic rings. The van der Waals surface area contributed by atoms with Crippen LogP contribution in [0.5, 0.6) is 0 Å². The number of hydrogen-bond acceptors (Lipinski definition) is 5. The Morgan fingerprint density at radius 2 is 2.10 bits per heavy atom. The average molecular weight is 276 g/mol. The fraction of sp³-hybridized carbons (Fsp3) is 0.600. The van der Waals surface area contributed by atoms with E-state index in [2.05, 4.69) is 14.6 Å². The van der Waals surface area contributed by atoms with Gasteiger partial charge in [-0.2, -0.15) is 0 Å². The molecule has 0 spiro atoms. The molecule has 1 N–H and O–H groups in total. The topological polar surface area (TPSA) is 62.7 Å². The number of pyridine rings is 1. The molecule has 0 saturated carbocycles. The van der Waals surface area contributed by atoms with Gasteiger partial charge in [0.05, 0.1) is 24.5 Å². The molecule has 2 bridgehead atoms. The number of methoxy groups -OCH3 is 1. The zero-order valence-corrected chi connectivity index (χ0v) is 11.7. The van der Waals surface area contributed by atoms with Gasteiger partial charge >= 0.3 is 5.97 Å². The van der Waals surface area contributed by atoms with Gasteiger partial charge in [0.1, 0.15) is 0 Å². The van der Waals surface area contributed by atoms with E-state index >= 15 is 0 Å². The zero-order chi connectivity index (χ0) is 14.1. The maximum atomic E-state index is 11.4. The van der Waals surface area contributed by atoms with E-state index in [1.807, 2.05) is 6.07 Å². The zero-order valence-electron chi connectivity index (χ0n) is 11.7. The summed E-state index contributed by atoms with van der Waals surface area (Å²) in [6, 6.07) is 4.60. The van der Waals surface area contributed by atoms with E-state index in [9.17, 15) is 9.90 Å². The van der Waals surface area contributed by atoms with Gasteiger partial charge in [-0.25, -0.2) is 4.79 Å². The highest BCUT2D eigenvalue weighted by molar-refractivity contribution is 5.88. The van der Waals surface area contributed by atoms with Gasteiger partial charge in [0.15, 0.2) is 0 Å². The molecule has 3 rings (SSSR count). The largest absolute Gasteiger partial charge is 0.465 e. The molecule has 2 aliphatic heterocycles. The Balaban J connectivity index is 1.68. The Morgan fingerprint density at radius 3 is 2.65 bits per heavy atom. The van der Waals surface area contributed by atoms with Crippen molar-refractivity contribution in [2.24, 2.45) is 0 Å². The molecule has 2 saturated heterocycles. The molecule has 108 valence electrons. The maximum absolute atomic E-state index is 11.4. The highest BCUT2D eigenvalue weighted by Gasteiger charge is 2.39. The van der Waals surface area contributed by atoms with Crippen molar-refractivity contribution >= 4 is 5.97 Å². The first kappa shape index (κ1) is 13.5. The molecule has 2 fully saturated rings. The summed E-state index contributed by atoms with van der Waals surface area (Å²) >= 11 is 0. The molecule has 5 nitrogen and oxygen atoms in total. The minimum absolute atomic E-state index is 0.140. The lowest BCUT2D eigenvalue weighted by Gasteiger charge is -2.36. The lowest BCUT2D eigenvalue weighted by atomic mass is 9.99. The molecule has 0 aliphatic carbocycles. The fourth-order valence-electron chi connectivity index (χ4n) is 3.45. The number of aromatic nitrogens is 1. The van der Waals surface area contributed by atoms with Gasteiger partial charge < -0.3 is 9.84 Å². The Kier molecular flexibility index (Phi) is 3.72. The Hall–Kier alpha value is -1.46. The Labute approximate surface area is 118 Å². The van der Waals surface area contributed by atoms with E-state index in [0.717, 1.165) is 25.1 Å². The van der Waals surface area contributed by atoms with Crippen molar-refractivity contribution in [3.05, 3.63) is 29.6 Å². The van der Waals surface area contributed by atoms with Crippen LogP contribution in [0.4, 0.5) is 0 Å². The van der Waals surface area contributed by atoms with Crippen LogP contribution in [0.25, 0.3) is 0 Å². The van der Waals surface area contributed by atoms with Gasteiger partial charge in [0, 0.05) is 24.8 Å². The quantitative estimate of drug-likeness (QED) is 0.845. The van der Waals surface area contributed by atoms with Crippen LogP contribution in [0.2, 0.25) is 0 Å². The summed E-state index contributed by atoms with van der Waals surface area (Å²) in [7, 11) is 1.37. The van der Waals surface area contributed by atoms with Crippen LogP contribution in [-0.2, 0) is 11.3 Å².